The van der Waals surface area contributed by atoms with Crippen LogP contribution in [-0.2, 0) is 4.74 Å². The van der Waals surface area contributed by atoms with Crippen LogP contribution in [0.25, 0.3) is 0 Å². The molecule has 0 amide bonds. The second-order valence-corrected chi connectivity index (χ2v) is 7.44. The predicted octanol–water partition coefficient (Wildman–Crippen LogP) is 1.72. The quantitative estimate of drug-likeness (QED) is 0.784. The van der Waals surface area contributed by atoms with E-state index in [1.807, 2.05) is 0 Å². The molecule has 3 heterocycles. The molecule has 4 unspecified atom stereocenters. The lowest BCUT2D eigenvalue weighted by Crippen LogP contribution is -2.60. The van der Waals surface area contributed by atoms with E-state index in [4.69, 9.17) is 4.74 Å². The van der Waals surface area contributed by atoms with Crippen LogP contribution in [0, 0.1) is 0 Å². The maximum atomic E-state index is 6.15. The Morgan fingerprint density at radius 2 is 2.28 bits per heavy atom. The van der Waals surface area contributed by atoms with Gasteiger partial charge in [0, 0.05) is 43.6 Å². The zero-order valence-corrected chi connectivity index (χ0v) is 12.5. The molecule has 18 heavy (non-hydrogen) atoms. The van der Waals surface area contributed by atoms with Crippen molar-refractivity contribution in [1.29, 1.82) is 0 Å². The lowest BCUT2D eigenvalue weighted by molar-refractivity contribution is -0.0980. The summed E-state index contributed by atoms with van der Waals surface area (Å²) in [5, 5.41) is 3.58. The minimum Gasteiger partial charge on any atom is -0.374 e. The first kappa shape index (κ1) is 13.2. The molecule has 0 aliphatic carbocycles. The van der Waals surface area contributed by atoms with Crippen LogP contribution in [0.3, 0.4) is 0 Å². The summed E-state index contributed by atoms with van der Waals surface area (Å²) in [6.07, 6.45) is 3.75. The summed E-state index contributed by atoms with van der Waals surface area (Å²) in [6, 6.07) is 2.06. The largest absolute Gasteiger partial charge is 0.374 e. The number of ether oxygens (including phenoxy) is 1. The molecule has 0 aromatic heterocycles. The monoisotopic (exact) mass is 270 g/mol. The Morgan fingerprint density at radius 3 is 3.06 bits per heavy atom. The zero-order valence-electron chi connectivity index (χ0n) is 11.7. The maximum absolute atomic E-state index is 6.15. The summed E-state index contributed by atoms with van der Waals surface area (Å²) in [7, 11) is 0. The van der Waals surface area contributed by atoms with E-state index >= 15 is 0 Å². The van der Waals surface area contributed by atoms with Gasteiger partial charge in [-0.3, -0.25) is 4.90 Å². The number of nitrogens with one attached hydrogen (secondary N) is 1. The van der Waals surface area contributed by atoms with Gasteiger partial charge in [0.25, 0.3) is 0 Å². The van der Waals surface area contributed by atoms with Gasteiger partial charge in [-0.15, -0.1) is 0 Å². The van der Waals surface area contributed by atoms with Crippen LogP contribution in [0.5, 0.6) is 0 Å². The average molecular weight is 270 g/mol. The third-order valence-corrected chi connectivity index (χ3v) is 6.04. The SMILES string of the molecule is CC1CN(C2CCOC3(CCSC3)C2)C(C)CN1. The highest BCUT2D eigenvalue weighted by molar-refractivity contribution is 7.99. The Morgan fingerprint density at radius 1 is 1.39 bits per heavy atom. The van der Waals surface area contributed by atoms with Crippen molar-refractivity contribution >= 4 is 11.8 Å². The summed E-state index contributed by atoms with van der Waals surface area (Å²) >= 11 is 2.07. The maximum Gasteiger partial charge on any atom is 0.0795 e. The fourth-order valence-corrected chi connectivity index (χ4v) is 5.09. The highest BCUT2D eigenvalue weighted by Gasteiger charge is 2.43. The van der Waals surface area contributed by atoms with Crippen LogP contribution in [0.4, 0.5) is 0 Å². The normalized spacial score (nSPS) is 46.7. The molecule has 0 saturated carbocycles. The third kappa shape index (κ3) is 2.58. The Labute approximate surface area is 115 Å². The van der Waals surface area contributed by atoms with Crippen LogP contribution < -0.4 is 5.32 Å². The van der Waals surface area contributed by atoms with E-state index in [0.717, 1.165) is 19.2 Å². The Bertz CT molecular complexity index is 294. The molecule has 3 fully saturated rings. The van der Waals surface area contributed by atoms with Gasteiger partial charge in [0.1, 0.15) is 0 Å². The van der Waals surface area contributed by atoms with Crippen LogP contribution in [0.2, 0.25) is 0 Å². The van der Waals surface area contributed by atoms with E-state index < -0.39 is 0 Å². The number of hydrogen-bond donors (Lipinski definition) is 1. The summed E-state index contributed by atoms with van der Waals surface area (Å²) < 4.78 is 6.15. The lowest BCUT2D eigenvalue weighted by atomic mass is 9.88. The minimum atomic E-state index is 0.224. The van der Waals surface area contributed by atoms with Crippen LogP contribution in [0.15, 0.2) is 0 Å². The highest BCUT2D eigenvalue weighted by Crippen LogP contribution is 2.40. The predicted molar refractivity (Wildman–Crippen MR) is 77.3 cm³/mol. The van der Waals surface area contributed by atoms with Gasteiger partial charge in [-0.05, 0) is 38.9 Å². The third-order valence-electron chi connectivity index (χ3n) is 4.82. The first-order valence-corrected chi connectivity index (χ1v) is 8.55. The smallest absolute Gasteiger partial charge is 0.0795 e. The van der Waals surface area contributed by atoms with E-state index in [0.29, 0.717) is 12.1 Å². The lowest BCUT2D eigenvalue weighted by Gasteiger charge is -2.47. The van der Waals surface area contributed by atoms with Crippen molar-refractivity contribution < 1.29 is 4.74 Å². The second kappa shape index (κ2) is 5.31. The topological polar surface area (TPSA) is 24.5 Å². The molecule has 0 bridgehead atoms. The molecule has 4 atom stereocenters. The standard InChI is InChI=1S/C14H26N2OS/c1-11-9-16(12(2)8-15-11)13-3-5-17-14(7-13)4-6-18-10-14/h11-13,15H,3-10H2,1-2H3. The van der Waals surface area contributed by atoms with Gasteiger partial charge in [0.2, 0.25) is 0 Å². The summed E-state index contributed by atoms with van der Waals surface area (Å²) in [4.78, 5) is 2.74. The molecular formula is C14H26N2OS. The molecule has 0 aromatic rings. The van der Waals surface area contributed by atoms with Gasteiger partial charge in [0.05, 0.1) is 5.60 Å². The van der Waals surface area contributed by atoms with Gasteiger partial charge in [0.15, 0.2) is 0 Å². The van der Waals surface area contributed by atoms with Crippen molar-refractivity contribution in [3.8, 4) is 0 Å². The number of thioether (sulfide) groups is 1. The Kier molecular flexibility index (Phi) is 3.90. The second-order valence-electron chi connectivity index (χ2n) is 6.34. The fourth-order valence-electron chi connectivity index (χ4n) is 3.71. The van der Waals surface area contributed by atoms with Crippen LogP contribution >= 0.6 is 11.8 Å². The van der Waals surface area contributed by atoms with E-state index in [2.05, 4.69) is 35.8 Å². The van der Waals surface area contributed by atoms with E-state index in [-0.39, 0.29) is 5.60 Å². The molecular weight excluding hydrogens is 244 g/mol. The summed E-state index contributed by atoms with van der Waals surface area (Å²) in [5.41, 5.74) is 0.224. The van der Waals surface area contributed by atoms with Gasteiger partial charge in [-0.1, -0.05) is 0 Å². The summed E-state index contributed by atoms with van der Waals surface area (Å²) in [5.74, 6) is 2.51. The van der Waals surface area contributed by atoms with Gasteiger partial charge in [-0.2, -0.15) is 11.8 Å². The molecule has 3 aliphatic rings. The molecule has 3 nitrogen and oxygen atoms in total. The number of hydrogen-bond acceptors (Lipinski definition) is 4. The number of nitrogens with zero attached hydrogens (tertiary/aromatic N) is 1. The molecule has 3 rings (SSSR count). The summed E-state index contributed by atoms with van der Waals surface area (Å²) in [6.45, 7) is 7.98. The van der Waals surface area contributed by atoms with Crippen molar-refractivity contribution in [2.75, 3.05) is 31.2 Å². The Hall–Kier alpha value is 0.230. The molecule has 0 aromatic carbocycles. The minimum absolute atomic E-state index is 0.224. The van der Waals surface area contributed by atoms with Crippen molar-refractivity contribution in [2.24, 2.45) is 0 Å². The van der Waals surface area contributed by atoms with Crippen molar-refractivity contribution in [2.45, 2.75) is 56.8 Å². The fraction of sp³-hybridized carbons (Fsp3) is 1.00. The zero-order chi connectivity index (χ0) is 12.6. The average Bonchev–Trinajstić information content (AvgIpc) is 2.80. The highest BCUT2D eigenvalue weighted by atomic mass is 32.2. The van der Waals surface area contributed by atoms with Gasteiger partial charge < -0.3 is 10.1 Å². The van der Waals surface area contributed by atoms with E-state index in [1.165, 1.54) is 37.3 Å². The molecule has 104 valence electrons. The molecule has 0 radical (unpaired) electrons. The van der Waals surface area contributed by atoms with Gasteiger partial charge >= 0.3 is 0 Å². The number of rotatable bonds is 1. The van der Waals surface area contributed by atoms with Crippen molar-refractivity contribution in [3.63, 3.8) is 0 Å². The molecule has 1 spiro atoms. The molecule has 4 heteroatoms. The van der Waals surface area contributed by atoms with Crippen LogP contribution in [-0.4, -0.2) is 59.8 Å². The van der Waals surface area contributed by atoms with Crippen molar-refractivity contribution in [3.05, 3.63) is 0 Å². The first-order chi connectivity index (χ1) is 8.69. The number of piperazine rings is 1. The molecule has 3 saturated heterocycles. The first-order valence-electron chi connectivity index (χ1n) is 7.39. The van der Waals surface area contributed by atoms with E-state index in [9.17, 15) is 0 Å². The van der Waals surface area contributed by atoms with E-state index in [1.54, 1.807) is 0 Å². The molecule has 1 N–H and O–H groups in total. The molecule has 3 aliphatic heterocycles. The Balaban J connectivity index is 1.67. The van der Waals surface area contributed by atoms with Crippen LogP contribution in [0.1, 0.15) is 33.1 Å². The van der Waals surface area contributed by atoms with Gasteiger partial charge in [-0.25, -0.2) is 0 Å². The van der Waals surface area contributed by atoms with Crippen molar-refractivity contribution in [1.82, 2.24) is 10.2 Å².